The molecule has 6 heteroatoms. The van der Waals surface area contributed by atoms with Gasteiger partial charge in [0.25, 0.3) is 0 Å². The highest BCUT2D eigenvalue weighted by Crippen LogP contribution is 2.28. The summed E-state index contributed by atoms with van der Waals surface area (Å²) in [4.78, 5) is 18.9. The maximum Gasteiger partial charge on any atom is 0.336 e. The SMILES string of the molecule is CN1CCN([C@H]2CCN(Cc3ccccc3C(=O)O)C[C@H]2CCCO)CC1. The summed E-state index contributed by atoms with van der Waals surface area (Å²) < 4.78 is 0. The molecule has 2 atom stereocenters. The second kappa shape index (κ2) is 9.64. The zero-order chi connectivity index (χ0) is 19.2. The summed E-state index contributed by atoms with van der Waals surface area (Å²) in [5.74, 6) is -0.318. The number of piperazine rings is 1. The van der Waals surface area contributed by atoms with Gasteiger partial charge in [-0.1, -0.05) is 18.2 Å². The fourth-order valence-electron chi connectivity index (χ4n) is 4.62. The number of hydrogen-bond acceptors (Lipinski definition) is 5. The van der Waals surface area contributed by atoms with Gasteiger partial charge in [0.2, 0.25) is 0 Å². The van der Waals surface area contributed by atoms with E-state index in [1.54, 1.807) is 12.1 Å². The number of hydrogen-bond donors (Lipinski definition) is 2. The van der Waals surface area contributed by atoms with E-state index >= 15 is 0 Å². The average molecular weight is 376 g/mol. The molecule has 0 aromatic heterocycles. The molecule has 0 saturated carbocycles. The monoisotopic (exact) mass is 375 g/mol. The highest BCUT2D eigenvalue weighted by molar-refractivity contribution is 5.89. The Labute approximate surface area is 162 Å². The molecule has 0 aliphatic carbocycles. The minimum Gasteiger partial charge on any atom is -0.478 e. The normalized spacial score (nSPS) is 25.6. The summed E-state index contributed by atoms with van der Waals surface area (Å²) in [6.45, 7) is 7.40. The maximum atomic E-state index is 11.5. The summed E-state index contributed by atoms with van der Waals surface area (Å²) in [6.07, 6.45) is 2.99. The van der Waals surface area contributed by atoms with Crippen LogP contribution in [0.4, 0.5) is 0 Å². The number of benzene rings is 1. The van der Waals surface area contributed by atoms with Gasteiger partial charge < -0.3 is 15.1 Å². The predicted octanol–water partition coefficient (Wildman–Crippen LogP) is 1.60. The van der Waals surface area contributed by atoms with Crippen LogP contribution in [0.2, 0.25) is 0 Å². The van der Waals surface area contributed by atoms with Crippen molar-refractivity contribution in [3.8, 4) is 0 Å². The van der Waals surface area contributed by atoms with Crippen molar-refractivity contribution in [2.24, 2.45) is 5.92 Å². The Kier molecular flexibility index (Phi) is 7.24. The van der Waals surface area contributed by atoms with Crippen molar-refractivity contribution in [3.63, 3.8) is 0 Å². The minimum absolute atomic E-state index is 0.244. The van der Waals surface area contributed by atoms with E-state index in [2.05, 4.69) is 21.7 Å². The van der Waals surface area contributed by atoms with Gasteiger partial charge in [-0.25, -0.2) is 4.79 Å². The fraction of sp³-hybridized carbons (Fsp3) is 0.667. The zero-order valence-corrected chi connectivity index (χ0v) is 16.4. The van der Waals surface area contributed by atoms with Crippen molar-refractivity contribution >= 4 is 5.97 Å². The van der Waals surface area contributed by atoms with Gasteiger partial charge in [-0.15, -0.1) is 0 Å². The molecule has 0 radical (unpaired) electrons. The van der Waals surface area contributed by atoms with Crippen LogP contribution in [-0.2, 0) is 6.54 Å². The molecule has 0 spiro atoms. The first kappa shape index (κ1) is 20.3. The van der Waals surface area contributed by atoms with Gasteiger partial charge >= 0.3 is 5.97 Å². The molecule has 0 amide bonds. The molecule has 0 unspecified atom stereocenters. The van der Waals surface area contributed by atoms with Gasteiger partial charge in [0.15, 0.2) is 0 Å². The zero-order valence-electron chi connectivity index (χ0n) is 16.4. The summed E-state index contributed by atoms with van der Waals surface area (Å²) in [6, 6.07) is 7.91. The molecule has 2 aliphatic rings. The minimum atomic E-state index is -0.852. The Hall–Kier alpha value is -1.47. The number of aromatic carboxylic acids is 1. The molecule has 150 valence electrons. The van der Waals surface area contributed by atoms with E-state index < -0.39 is 5.97 Å². The fourth-order valence-corrected chi connectivity index (χ4v) is 4.62. The Balaban J connectivity index is 1.66. The van der Waals surface area contributed by atoms with Crippen LogP contribution in [0.3, 0.4) is 0 Å². The summed E-state index contributed by atoms with van der Waals surface area (Å²) in [5.41, 5.74) is 1.30. The molecule has 0 bridgehead atoms. The Morgan fingerprint density at radius 2 is 1.89 bits per heavy atom. The number of likely N-dealkylation sites (N-methyl/N-ethyl adjacent to an activating group) is 1. The molecule has 6 nitrogen and oxygen atoms in total. The third-order valence-corrected chi connectivity index (χ3v) is 6.16. The molecule has 27 heavy (non-hydrogen) atoms. The van der Waals surface area contributed by atoms with Gasteiger partial charge in [0.1, 0.15) is 0 Å². The summed E-state index contributed by atoms with van der Waals surface area (Å²) in [7, 11) is 2.18. The number of carboxylic acid groups (broad SMARTS) is 1. The lowest BCUT2D eigenvalue weighted by molar-refractivity contribution is 0.0210. The van der Waals surface area contributed by atoms with Crippen LogP contribution in [0.5, 0.6) is 0 Å². The molecule has 2 N–H and O–H groups in total. The lowest BCUT2D eigenvalue weighted by Crippen LogP contribution is -2.56. The summed E-state index contributed by atoms with van der Waals surface area (Å²) >= 11 is 0. The van der Waals surface area contributed by atoms with Crippen molar-refractivity contribution in [1.29, 1.82) is 0 Å². The van der Waals surface area contributed by atoms with Crippen LogP contribution >= 0.6 is 0 Å². The number of aliphatic hydroxyl groups excluding tert-OH is 1. The highest BCUT2D eigenvalue weighted by Gasteiger charge is 2.34. The third kappa shape index (κ3) is 5.29. The molecule has 2 aliphatic heterocycles. The van der Waals surface area contributed by atoms with Gasteiger partial charge in [-0.2, -0.15) is 0 Å². The van der Waals surface area contributed by atoms with Crippen LogP contribution in [-0.4, -0.2) is 89.8 Å². The predicted molar refractivity (Wildman–Crippen MR) is 106 cm³/mol. The van der Waals surface area contributed by atoms with Gasteiger partial charge in [0, 0.05) is 51.9 Å². The highest BCUT2D eigenvalue weighted by atomic mass is 16.4. The lowest BCUT2D eigenvalue weighted by Gasteiger charge is -2.46. The van der Waals surface area contributed by atoms with Crippen LogP contribution < -0.4 is 0 Å². The Morgan fingerprint density at radius 3 is 2.59 bits per heavy atom. The second-order valence-electron chi connectivity index (χ2n) is 8.02. The molecule has 2 fully saturated rings. The van der Waals surface area contributed by atoms with Gasteiger partial charge in [0.05, 0.1) is 5.56 Å². The molecule has 1 aromatic carbocycles. The number of carbonyl (C=O) groups is 1. The number of rotatable bonds is 7. The van der Waals surface area contributed by atoms with E-state index in [1.165, 1.54) is 0 Å². The van der Waals surface area contributed by atoms with Crippen LogP contribution in [0.15, 0.2) is 24.3 Å². The van der Waals surface area contributed by atoms with Crippen molar-refractivity contribution < 1.29 is 15.0 Å². The number of nitrogens with zero attached hydrogens (tertiary/aromatic N) is 3. The molecule has 3 rings (SSSR count). The van der Waals surface area contributed by atoms with E-state index in [1.807, 2.05) is 12.1 Å². The van der Waals surface area contributed by atoms with Gasteiger partial charge in [-0.05, 0) is 50.4 Å². The van der Waals surface area contributed by atoms with Crippen LogP contribution in [0, 0.1) is 5.92 Å². The van der Waals surface area contributed by atoms with Crippen molar-refractivity contribution in [3.05, 3.63) is 35.4 Å². The summed E-state index contributed by atoms with van der Waals surface area (Å²) in [5, 5.41) is 18.8. The topological polar surface area (TPSA) is 67.2 Å². The first-order valence-corrected chi connectivity index (χ1v) is 10.2. The quantitative estimate of drug-likeness (QED) is 0.755. The second-order valence-corrected chi connectivity index (χ2v) is 8.02. The first-order valence-electron chi connectivity index (χ1n) is 10.2. The van der Waals surface area contributed by atoms with E-state index in [0.717, 1.165) is 64.1 Å². The third-order valence-electron chi connectivity index (χ3n) is 6.16. The van der Waals surface area contributed by atoms with E-state index in [4.69, 9.17) is 0 Å². The smallest absolute Gasteiger partial charge is 0.336 e. The molecule has 2 heterocycles. The molecule has 1 aromatic rings. The molecular formula is C21H33N3O3. The van der Waals surface area contributed by atoms with Crippen molar-refractivity contribution in [2.45, 2.75) is 31.8 Å². The van der Waals surface area contributed by atoms with Gasteiger partial charge in [-0.3, -0.25) is 9.80 Å². The van der Waals surface area contributed by atoms with Crippen LogP contribution in [0.1, 0.15) is 35.2 Å². The average Bonchev–Trinajstić information content (AvgIpc) is 2.67. The molecule has 2 saturated heterocycles. The van der Waals surface area contributed by atoms with E-state index in [9.17, 15) is 15.0 Å². The Bertz CT molecular complexity index is 616. The van der Waals surface area contributed by atoms with Crippen molar-refractivity contribution in [1.82, 2.24) is 14.7 Å². The number of carboxylic acids is 1. The standard InChI is InChI=1S/C21H33N3O3/c1-22-10-12-24(13-11-22)20-8-9-23(16-18(20)6-4-14-25)15-17-5-2-3-7-19(17)21(26)27/h2-3,5,7,18,20,25H,4,6,8-16H2,1H3,(H,26,27)/t18-,20+/m1/s1. The molecular weight excluding hydrogens is 342 g/mol. The number of aliphatic hydroxyl groups is 1. The first-order chi connectivity index (χ1) is 13.1. The van der Waals surface area contributed by atoms with Crippen molar-refractivity contribution in [2.75, 3.05) is 52.9 Å². The van der Waals surface area contributed by atoms with Crippen LogP contribution in [0.25, 0.3) is 0 Å². The lowest BCUT2D eigenvalue weighted by atomic mass is 9.86. The number of likely N-dealkylation sites (tertiary alicyclic amines) is 1. The van der Waals surface area contributed by atoms with E-state index in [-0.39, 0.29) is 6.61 Å². The number of piperidine rings is 1. The largest absolute Gasteiger partial charge is 0.478 e. The maximum absolute atomic E-state index is 11.5. The van der Waals surface area contributed by atoms with E-state index in [0.29, 0.717) is 24.1 Å². The Morgan fingerprint density at radius 1 is 1.15 bits per heavy atom.